The van der Waals surface area contributed by atoms with Crippen molar-refractivity contribution < 1.29 is 4.79 Å². The van der Waals surface area contributed by atoms with Crippen LogP contribution in [0.15, 0.2) is 35.3 Å². The van der Waals surface area contributed by atoms with Crippen LogP contribution in [0, 0.1) is 5.92 Å². The maximum Gasteiger partial charge on any atom is 0.244 e. The molecule has 138 valence electrons. The van der Waals surface area contributed by atoms with E-state index in [-0.39, 0.29) is 12.5 Å². The third kappa shape index (κ3) is 6.07. The summed E-state index contributed by atoms with van der Waals surface area (Å²) in [5, 5.41) is 3.33. The van der Waals surface area contributed by atoms with E-state index >= 15 is 0 Å². The number of nitrogens with one attached hydrogen (secondary N) is 1. The summed E-state index contributed by atoms with van der Waals surface area (Å²) in [6, 6.07) is 10.1. The molecule has 0 unspecified atom stereocenters. The lowest BCUT2D eigenvalue weighted by Gasteiger charge is -2.33. The average Bonchev–Trinajstić information content (AvgIpc) is 2.64. The lowest BCUT2D eigenvalue weighted by atomic mass is 10.00. The number of aliphatic imine (C=N–C) groups is 1. The maximum absolute atomic E-state index is 12.6. The molecular weight excluding hydrogens is 312 g/mol. The van der Waals surface area contributed by atoms with Crippen molar-refractivity contribution in [3.63, 3.8) is 0 Å². The number of likely N-dealkylation sites (tertiary alicyclic amines) is 1. The van der Waals surface area contributed by atoms with Crippen molar-refractivity contribution in [1.29, 1.82) is 0 Å². The molecule has 5 nitrogen and oxygen atoms in total. The fourth-order valence-electron chi connectivity index (χ4n) is 3.07. The molecule has 1 fully saturated rings. The molecule has 5 heteroatoms. The van der Waals surface area contributed by atoms with Crippen LogP contribution in [0.25, 0.3) is 0 Å². The third-order valence-corrected chi connectivity index (χ3v) is 4.73. The predicted molar refractivity (Wildman–Crippen MR) is 103 cm³/mol. The van der Waals surface area contributed by atoms with Gasteiger partial charge in [0.15, 0.2) is 5.96 Å². The number of likely N-dealkylation sites (N-methyl/N-ethyl adjacent to an activating group) is 1. The molecule has 0 radical (unpaired) electrons. The largest absolute Gasteiger partial charge is 0.357 e. The van der Waals surface area contributed by atoms with Gasteiger partial charge >= 0.3 is 0 Å². The Morgan fingerprint density at radius 1 is 1.24 bits per heavy atom. The summed E-state index contributed by atoms with van der Waals surface area (Å²) in [7, 11) is 0. The van der Waals surface area contributed by atoms with E-state index in [0.717, 1.165) is 37.1 Å². The molecule has 0 saturated carbocycles. The number of amides is 1. The Hall–Kier alpha value is -2.04. The predicted octanol–water partition coefficient (Wildman–Crippen LogP) is 2.73. The fourth-order valence-corrected chi connectivity index (χ4v) is 3.07. The molecule has 1 amide bonds. The summed E-state index contributed by atoms with van der Waals surface area (Å²) >= 11 is 0. The Kier molecular flexibility index (Phi) is 7.76. The van der Waals surface area contributed by atoms with E-state index in [1.54, 1.807) is 0 Å². The molecule has 1 heterocycles. The van der Waals surface area contributed by atoms with E-state index in [9.17, 15) is 4.79 Å². The number of guanidine groups is 1. The van der Waals surface area contributed by atoms with Crippen LogP contribution in [0.2, 0.25) is 0 Å². The van der Waals surface area contributed by atoms with Gasteiger partial charge in [-0.05, 0) is 38.2 Å². The summed E-state index contributed by atoms with van der Waals surface area (Å²) in [4.78, 5) is 21.4. The summed E-state index contributed by atoms with van der Waals surface area (Å²) in [6.45, 7) is 10.8. The zero-order valence-electron chi connectivity index (χ0n) is 15.9. The summed E-state index contributed by atoms with van der Waals surface area (Å²) < 4.78 is 0. The molecule has 1 aliphatic rings. The molecule has 1 saturated heterocycles. The molecule has 2 rings (SSSR count). The van der Waals surface area contributed by atoms with Crippen molar-refractivity contribution >= 4 is 11.9 Å². The molecule has 0 bridgehead atoms. The monoisotopic (exact) mass is 344 g/mol. The SMILES string of the molecule is CCNC(=NCC(=O)N(CC)Cc1ccccc1)N1CCC(C)CC1. The minimum absolute atomic E-state index is 0.0760. The Balaban J connectivity index is 1.96. The van der Waals surface area contributed by atoms with Gasteiger partial charge in [-0.1, -0.05) is 37.3 Å². The van der Waals surface area contributed by atoms with Gasteiger partial charge in [0, 0.05) is 32.7 Å². The minimum Gasteiger partial charge on any atom is -0.357 e. The first-order valence-electron chi connectivity index (χ1n) is 9.49. The summed E-state index contributed by atoms with van der Waals surface area (Å²) in [6.07, 6.45) is 2.38. The van der Waals surface area contributed by atoms with Crippen LogP contribution in [0.3, 0.4) is 0 Å². The smallest absolute Gasteiger partial charge is 0.244 e. The van der Waals surface area contributed by atoms with Crippen LogP contribution < -0.4 is 5.32 Å². The lowest BCUT2D eigenvalue weighted by Crippen LogP contribution is -2.46. The summed E-state index contributed by atoms with van der Waals surface area (Å²) in [5.74, 6) is 1.73. The molecule has 0 spiro atoms. The number of benzene rings is 1. The van der Waals surface area contributed by atoms with Crippen LogP contribution in [-0.2, 0) is 11.3 Å². The zero-order valence-corrected chi connectivity index (χ0v) is 15.9. The number of rotatable bonds is 6. The molecule has 1 N–H and O–H groups in total. The molecule has 0 aromatic heterocycles. The molecule has 0 atom stereocenters. The quantitative estimate of drug-likeness (QED) is 0.638. The van der Waals surface area contributed by atoms with Crippen molar-refractivity contribution in [2.75, 3.05) is 32.7 Å². The molecule has 1 aromatic rings. The van der Waals surface area contributed by atoms with E-state index in [1.165, 1.54) is 12.8 Å². The van der Waals surface area contributed by atoms with E-state index in [1.807, 2.05) is 30.0 Å². The first-order valence-corrected chi connectivity index (χ1v) is 9.49. The van der Waals surface area contributed by atoms with Gasteiger partial charge in [0.25, 0.3) is 0 Å². The zero-order chi connectivity index (χ0) is 18.1. The second kappa shape index (κ2) is 10.1. The Morgan fingerprint density at radius 3 is 2.52 bits per heavy atom. The Labute approximate surface area is 152 Å². The fraction of sp³-hybridized carbons (Fsp3) is 0.600. The number of piperidine rings is 1. The van der Waals surface area contributed by atoms with E-state index in [2.05, 4.69) is 41.2 Å². The van der Waals surface area contributed by atoms with Crippen molar-refractivity contribution in [1.82, 2.24) is 15.1 Å². The second-order valence-electron chi connectivity index (χ2n) is 6.73. The lowest BCUT2D eigenvalue weighted by molar-refractivity contribution is -0.130. The minimum atomic E-state index is 0.0760. The number of nitrogens with zero attached hydrogens (tertiary/aromatic N) is 3. The normalized spacial score (nSPS) is 16.0. The van der Waals surface area contributed by atoms with Gasteiger partial charge in [-0.25, -0.2) is 4.99 Å². The van der Waals surface area contributed by atoms with Crippen molar-refractivity contribution in [3.8, 4) is 0 Å². The highest BCUT2D eigenvalue weighted by atomic mass is 16.2. The van der Waals surface area contributed by atoms with Gasteiger partial charge in [0.2, 0.25) is 5.91 Å². The highest BCUT2D eigenvalue weighted by Gasteiger charge is 2.19. The van der Waals surface area contributed by atoms with Gasteiger partial charge < -0.3 is 15.1 Å². The van der Waals surface area contributed by atoms with Gasteiger partial charge in [-0.3, -0.25) is 4.79 Å². The van der Waals surface area contributed by atoms with Crippen LogP contribution >= 0.6 is 0 Å². The van der Waals surface area contributed by atoms with Crippen LogP contribution in [-0.4, -0.2) is 54.4 Å². The maximum atomic E-state index is 12.6. The number of carbonyl (C=O) groups is 1. The van der Waals surface area contributed by atoms with Gasteiger partial charge in [0.1, 0.15) is 6.54 Å². The number of hydrogen-bond acceptors (Lipinski definition) is 2. The number of carbonyl (C=O) groups excluding carboxylic acids is 1. The summed E-state index contributed by atoms with van der Waals surface area (Å²) in [5.41, 5.74) is 1.15. The molecule has 1 aromatic carbocycles. The van der Waals surface area contributed by atoms with Crippen LogP contribution in [0.1, 0.15) is 39.2 Å². The van der Waals surface area contributed by atoms with Crippen LogP contribution in [0.5, 0.6) is 0 Å². The topological polar surface area (TPSA) is 47.9 Å². The van der Waals surface area contributed by atoms with E-state index < -0.39 is 0 Å². The molecular formula is C20H32N4O. The molecule has 25 heavy (non-hydrogen) atoms. The first-order chi connectivity index (χ1) is 12.1. The highest BCUT2D eigenvalue weighted by Crippen LogP contribution is 2.16. The molecule has 0 aliphatic carbocycles. The third-order valence-electron chi connectivity index (χ3n) is 4.73. The van der Waals surface area contributed by atoms with Crippen molar-refractivity contribution in [3.05, 3.63) is 35.9 Å². The first kappa shape index (κ1) is 19.3. The van der Waals surface area contributed by atoms with Crippen molar-refractivity contribution in [2.45, 2.75) is 40.2 Å². The Morgan fingerprint density at radius 2 is 1.92 bits per heavy atom. The molecule has 1 aliphatic heterocycles. The van der Waals surface area contributed by atoms with Gasteiger partial charge in [0.05, 0.1) is 0 Å². The van der Waals surface area contributed by atoms with Crippen LogP contribution in [0.4, 0.5) is 0 Å². The Bertz CT molecular complexity index is 550. The highest BCUT2D eigenvalue weighted by molar-refractivity contribution is 5.85. The van der Waals surface area contributed by atoms with Gasteiger partial charge in [-0.2, -0.15) is 0 Å². The average molecular weight is 345 g/mol. The standard InChI is InChI=1S/C20H32N4O/c1-4-21-20(24-13-11-17(3)12-14-24)22-15-19(25)23(5-2)16-18-9-7-6-8-10-18/h6-10,17H,4-5,11-16H2,1-3H3,(H,21,22). The van der Waals surface area contributed by atoms with Gasteiger partial charge in [-0.15, -0.1) is 0 Å². The van der Waals surface area contributed by atoms with Crippen molar-refractivity contribution in [2.24, 2.45) is 10.9 Å². The van der Waals surface area contributed by atoms with E-state index in [4.69, 9.17) is 0 Å². The second-order valence-corrected chi connectivity index (χ2v) is 6.73. The number of hydrogen-bond donors (Lipinski definition) is 1. The van der Waals surface area contributed by atoms with E-state index in [0.29, 0.717) is 13.1 Å².